The van der Waals surface area contributed by atoms with E-state index in [1.165, 1.54) is 7.05 Å². The van der Waals surface area contributed by atoms with E-state index >= 15 is 0 Å². The number of carbonyl (C=O) groups excluding carboxylic acids is 1. The largest absolute Gasteiger partial charge is 0.405 e. The minimum absolute atomic E-state index is 0.0837. The summed E-state index contributed by atoms with van der Waals surface area (Å²) in [4.78, 5) is 17.1. The van der Waals surface area contributed by atoms with E-state index in [1.54, 1.807) is 29.6 Å². The third-order valence-corrected chi connectivity index (χ3v) is 3.72. The molecule has 0 radical (unpaired) electrons. The lowest BCUT2D eigenvalue weighted by atomic mass is 10.1. The lowest BCUT2D eigenvalue weighted by Gasteiger charge is -2.17. The smallest absolute Gasteiger partial charge is 0.342 e. The van der Waals surface area contributed by atoms with Gasteiger partial charge in [0.15, 0.2) is 10.9 Å². The highest BCUT2D eigenvalue weighted by atomic mass is 32.1. The molecule has 0 aliphatic heterocycles. The van der Waals surface area contributed by atoms with Gasteiger partial charge < -0.3 is 4.90 Å². The van der Waals surface area contributed by atoms with Gasteiger partial charge in [-0.1, -0.05) is 30.3 Å². The summed E-state index contributed by atoms with van der Waals surface area (Å²) in [5.41, 5.74) is 1.05. The Balaban J connectivity index is 2.02. The zero-order valence-corrected chi connectivity index (χ0v) is 12.0. The van der Waals surface area contributed by atoms with Crippen LogP contribution in [0.25, 0.3) is 0 Å². The molecule has 3 nitrogen and oxygen atoms in total. The molecule has 0 saturated carbocycles. The highest BCUT2D eigenvalue weighted by Crippen LogP contribution is 2.24. The molecule has 0 amide bonds. The van der Waals surface area contributed by atoms with Crippen molar-refractivity contribution < 1.29 is 18.0 Å². The van der Waals surface area contributed by atoms with Gasteiger partial charge in [0, 0.05) is 18.0 Å². The number of Topliss-reactive ketones (excluding diaryl/α,β-unsaturated/α-hetero) is 1. The first kappa shape index (κ1) is 15.5. The van der Waals surface area contributed by atoms with Crippen LogP contribution in [0.4, 0.5) is 18.3 Å². The quantitative estimate of drug-likeness (QED) is 0.791. The van der Waals surface area contributed by atoms with Crippen LogP contribution < -0.4 is 4.90 Å². The van der Waals surface area contributed by atoms with Crippen molar-refractivity contribution in [2.75, 3.05) is 18.5 Å². The SMILES string of the molecule is CN(CC(F)(F)F)c1nc(CC(=O)c2ccccc2)cs1. The van der Waals surface area contributed by atoms with Crippen LogP contribution in [0.3, 0.4) is 0 Å². The molecule has 21 heavy (non-hydrogen) atoms. The Kier molecular flexibility index (Phi) is 4.62. The summed E-state index contributed by atoms with van der Waals surface area (Å²) >= 11 is 1.10. The molecule has 7 heteroatoms. The van der Waals surface area contributed by atoms with Crippen molar-refractivity contribution in [2.24, 2.45) is 0 Å². The number of carbonyl (C=O) groups is 1. The molecule has 2 rings (SSSR count). The normalized spacial score (nSPS) is 11.4. The van der Waals surface area contributed by atoms with E-state index < -0.39 is 12.7 Å². The number of halogens is 3. The van der Waals surface area contributed by atoms with Crippen LogP contribution in [0.15, 0.2) is 35.7 Å². The van der Waals surface area contributed by atoms with E-state index in [2.05, 4.69) is 4.98 Å². The zero-order valence-electron chi connectivity index (χ0n) is 11.2. The van der Waals surface area contributed by atoms with Crippen molar-refractivity contribution in [2.45, 2.75) is 12.6 Å². The van der Waals surface area contributed by atoms with E-state index in [-0.39, 0.29) is 17.3 Å². The number of ketones is 1. The van der Waals surface area contributed by atoms with Gasteiger partial charge >= 0.3 is 6.18 Å². The summed E-state index contributed by atoms with van der Waals surface area (Å²) in [6.45, 7) is -1.06. The van der Waals surface area contributed by atoms with Crippen LogP contribution in [0.2, 0.25) is 0 Å². The first-order valence-electron chi connectivity index (χ1n) is 6.16. The highest BCUT2D eigenvalue weighted by molar-refractivity contribution is 7.13. The van der Waals surface area contributed by atoms with Crippen molar-refractivity contribution in [3.8, 4) is 0 Å². The molecule has 0 fully saturated rings. The number of benzene rings is 1. The highest BCUT2D eigenvalue weighted by Gasteiger charge is 2.30. The molecule has 0 aliphatic rings. The Morgan fingerprint density at radius 3 is 2.57 bits per heavy atom. The molecule has 0 aliphatic carbocycles. The summed E-state index contributed by atoms with van der Waals surface area (Å²) in [7, 11) is 1.33. The average molecular weight is 314 g/mol. The molecule has 1 aromatic heterocycles. The summed E-state index contributed by atoms with van der Waals surface area (Å²) in [5.74, 6) is -0.106. The van der Waals surface area contributed by atoms with E-state index in [4.69, 9.17) is 0 Å². The predicted octanol–water partition coefficient (Wildman–Crippen LogP) is 3.57. The minimum atomic E-state index is -4.28. The standard InChI is InChI=1S/C14H13F3N2OS/c1-19(9-14(15,16)17)13-18-11(8-21-13)7-12(20)10-5-3-2-4-6-10/h2-6,8H,7,9H2,1H3. The predicted molar refractivity (Wildman–Crippen MR) is 75.9 cm³/mol. The zero-order chi connectivity index (χ0) is 15.5. The Morgan fingerprint density at radius 2 is 1.95 bits per heavy atom. The molecule has 0 unspecified atom stereocenters. The molecule has 0 saturated heterocycles. The lowest BCUT2D eigenvalue weighted by molar-refractivity contribution is -0.119. The van der Waals surface area contributed by atoms with Gasteiger partial charge in [0.1, 0.15) is 6.54 Å². The van der Waals surface area contributed by atoms with Crippen LogP contribution in [0.1, 0.15) is 16.1 Å². The Bertz CT molecular complexity index is 610. The van der Waals surface area contributed by atoms with Crippen molar-refractivity contribution in [1.29, 1.82) is 0 Å². The van der Waals surface area contributed by atoms with E-state index in [0.29, 0.717) is 11.3 Å². The molecule has 0 atom stereocenters. The first-order chi connectivity index (χ1) is 9.85. The van der Waals surface area contributed by atoms with Crippen LogP contribution in [0, 0.1) is 0 Å². The fourth-order valence-corrected chi connectivity index (χ4v) is 2.57. The van der Waals surface area contributed by atoms with Gasteiger partial charge in [-0.15, -0.1) is 11.3 Å². The van der Waals surface area contributed by atoms with Gasteiger partial charge in [0.25, 0.3) is 0 Å². The van der Waals surface area contributed by atoms with Crippen LogP contribution in [0.5, 0.6) is 0 Å². The fourth-order valence-electron chi connectivity index (χ4n) is 1.78. The number of nitrogens with zero attached hydrogens (tertiary/aromatic N) is 2. The van der Waals surface area contributed by atoms with Gasteiger partial charge in [-0.05, 0) is 0 Å². The summed E-state index contributed by atoms with van der Waals surface area (Å²) < 4.78 is 36.9. The van der Waals surface area contributed by atoms with Crippen LogP contribution in [-0.2, 0) is 6.42 Å². The molecular weight excluding hydrogens is 301 g/mol. The summed E-state index contributed by atoms with van der Waals surface area (Å²) in [6.07, 6.45) is -4.19. The van der Waals surface area contributed by atoms with Gasteiger partial charge in [-0.2, -0.15) is 13.2 Å². The maximum Gasteiger partial charge on any atom is 0.405 e. The summed E-state index contributed by atoms with van der Waals surface area (Å²) in [6, 6.07) is 8.73. The second kappa shape index (κ2) is 6.26. The van der Waals surface area contributed by atoms with Crippen molar-refractivity contribution in [1.82, 2.24) is 4.98 Å². The van der Waals surface area contributed by atoms with E-state index in [0.717, 1.165) is 16.2 Å². The molecular formula is C14H13F3N2OS. The number of hydrogen-bond acceptors (Lipinski definition) is 4. The number of thiazole rings is 1. The maximum absolute atomic E-state index is 12.3. The Hall–Kier alpha value is -1.89. The van der Waals surface area contributed by atoms with Crippen molar-refractivity contribution >= 4 is 22.3 Å². The number of aromatic nitrogens is 1. The minimum Gasteiger partial charge on any atom is -0.342 e. The van der Waals surface area contributed by atoms with Crippen molar-refractivity contribution in [3.05, 3.63) is 47.0 Å². The Labute approximate surface area is 124 Å². The second-order valence-corrected chi connectivity index (χ2v) is 5.40. The third kappa shape index (κ3) is 4.56. The molecule has 0 bridgehead atoms. The number of alkyl halides is 3. The molecule has 112 valence electrons. The third-order valence-electron chi connectivity index (χ3n) is 2.72. The van der Waals surface area contributed by atoms with E-state index in [9.17, 15) is 18.0 Å². The molecule has 0 N–H and O–H groups in total. The maximum atomic E-state index is 12.3. The fraction of sp³-hybridized carbons (Fsp3) is 0.286. The molecule has 2 aromatic rings. The van der Waals surface area contributed by atoms with Crippen LogP contribution >= 0.6 is 11.3 Å². The van der Waals surface area contributed by atoms with E-state index in [1.807, 2.05) is 6.07 Å². The van der Waals surface area contributed by atoms with Gasteiger partial charge in [-0.25, -0.2) is 4.98 Å². The molecule has 1 aromatic carbocycles. The van der Waals surface area contributed by atoms with Crippen LogP contribution in [-0.4, -0.2) is 30.5 Å². The number of anilines is 1. The van der Waals surface area contributed by atoms with Gasteiger partial charge in [0.05, 0.1) is 12.1 Å². The lowest BCUT2D eigenvalue weighted by Crippen LogP contribution is -2.30. The van der Waals surface area contributed by atoms with Gasteiger partial charge in [0.2, 0.25) is 0 Å². The Morgan fingerprint density at radius 1 is 1.29 bits per heavy atom. The van der Waals surface area contributed by atoms with Gasteiger partial charge in [-0.3, -0.25) is 4.79 Å². The number of hydrogen-bond donors (Lipinski definition) is 0. The average Bonchev–Trinajstić information content (AvgIpc) is 2.86. The second-order valence-electron chi connectivity index (χ2n) is 4.56. The monoisotopic (exact) mass is 314 g/mol. The first-order valence-corrected chi connectivity index (χ1v) is 7.03. The topological polar surface area (TPSA) is 33.2 Å². The molecule has 0 spiro atoms. The molecule has 1 heterocycles. The number of rotatable bonds is 5. The van der Waals surface area contributed by atoms with Crippen molar-refractivity contribution in [3.63, 3.8) is 0 Å². The summed E-state index contributed by atoms with van der Waals surface area (Å²) in [5, 5.41) is 1.87.